The fraction of sp³-hybridized carbons (Fsp3) is 0.714. The Hall–Kier alpha value is -1.07. The van der Waals surface area contributed by atoms with Gasteiger partial charge >= 0.3 is 6.18 Å². The Morgan fingerprint density at radius 1 is 1.38 bits per heavy atom. The average Bonchev–Trinajstić information content (AvgIpc) is 2.23. The van der Waals surface area contributed by atoms with Gasteiger partial charge in [0.05, 0.1) is 0 Å². The minimum Gasteiger partial charge on any atom is -0.323 e. The van der Waals surface area contributed by atoms with Gasteiger partial charge < -0.3 is 5.32 Å². The van der Waals surface area contributed by atoms with Crippen LogP contribution in [0.3, 0.4) is 0 Å². The van der Waals surface area contributed by atoms with Gasteiger partial charge in [-0.05, 0) is 13.8 Å². The Balaban J connectivity index is 2.99. The average molecular weight is 193 g/mol. The fourth-order valence-electron chi connectivity index (χ4n) is 1.09. The van der Waals surface area contributed by atoms with Gasteiger partial charge in [-0.2, -0.15) is 13.2 Å². The highest BCUT2D eigenvalue weighted by Crippen LogP contribution is 2.24. The van der Waals surface area contributed by atoms with Crippen molar-refractivity contribution in [1.29, 1.82) is 0 Å². The second kappa shape index (κ2) is 2.71. The smallest absolute Gasteiger partial charge is 0.323 e. The van der Waals surface area contributed by atoms with Crippen LogP contribution in [0.5, 0.6) is 0 Å². The molecule has 0 amide bonds. The molecule has 6 heteroatoms. The van der Waals surface area contributed by atoms with Gasteiger partial charge in [0.15, 0.2) is 0 Å². The first kappa shape index (κ1) is 10.0. The summed E-state index contributed by atoms with van der Waals surface area (Å²) in [5.74, 6) is -0.738. The Bertz CT molecular complexity index is 275. The SMILES string of the molecule is CN=C1NC(C(F)(F)F)=NC1(C)C. The number of hydrogen-bond acceptors (Lipinski definition) is 2. The summed E-state index contributed by atoms with van der Waals surface area (Å²) in [5.41, 5.74) is -0.903. The molecule has 1 aliphatic heterocycles. The molecule has 3 nitrogen and oxygen atoms in total. The van der Waals surface area contributed by atoms with Crippen LogP contribution >= 0.6 is 0 Å². The van der Waals surface area contributed by atoms with Gasteiger partial charge in [-0.1, -0.05) is 0 Å². The molecule has 0 aliphatic carbocycles. The van der Waals surface area contributed by atoms with E-state index in [1.165, 1.54) is 7.05 Å². The topological polar surface area (TPSA) is 36.8 Å². The number of rotatable bonds is 0. The summed E-state index contributed by atoms with van der Waals surface area (Å²) in [4.78, 5) is 7.19. The van der Waals surface area contributed by atoms with Gasteiger partial charge in [0.25, 0.3) is 0 Å². The first-order valence-corrected chi connectivity index (χ1v) is 3.68. The van der Waals surface area contributed by atoms with E-state index < -0.39 is 17.6 Å². The van der Waals surface area contributed by atoms with Gasteiger partial charge in [-0.15, -0.1) is 0 Å². The van der Waals surface area contributed by atoms with Gasteiger partial charge in [0, 0.05) is 7.05 Å². The first-order valence-electron chi connectivity index (χ1n) is 3.68. The molecule has 0 saturated heterocycles. The summed E-state index contributed by atoms with van der Waals surface area (Å²) in [6.45, 7) is 3.14. The summed E-state index contributed by atoms with van der Waals surface area (Å²) >= 11 is 0. The van der Waals surface area contributed by atoms with Gasteiger partial charge in [-0.25, -0.2) is 4.99 Å². The highest BCUT2D eigenvalue weighted by Gasteiger charge is 2.44. The third kappa shape index (κ3) is 1.81. The van der Waals surface area contributed by atoms with E-state index in [1.54, 1.807) is 13.8 Å². The molecule has 0 fully saturated rings. The van der Waals surface area contributed by atoms with E-state index in [-0.39, 0.29) is 5.84 Å². The molecule has 1 heterocycles. The van der Waals surface area contributed by atoms with Crippen LogP contribution in [0.2, 0.25) is 0 Å². The normalized spacial score (nSPS) is 24.5. The van der Waals surface area contributed by atoms with Crippen molar-refractivity contribution in [1.82, 2.24) is 5.32 Å². The van der Waals surface area contributed by atoms with Crippen LogP contribution in [0, 0.1) is 0 Å². The molecule has 0 radical (unpaired) electrons. The first-order chi connectivity index (χ1) is 5.77. The summed E-state index contributed by atoms with van der Waals surface area (Å²) in [6, 6.07) is 0. The second-order valence-electron chi connectivity index (χ2n) is 3.21. The lowest BCUT2D eigenvalue weighted by molar-refractivity contribution is -0.0607. The van der Waals surface area contributed by atoms with Crippen molar-refractivity contribution in [3.8, 4) is 0 Å². The quantitative estimate of drug-likeness (QED) is 0.619. The third-order valence-corrected chi connectivity index (χ3v) is 1.70. The van der Waals surface area contributed by atoms with E-state index in [2.05, 4.69) is 15.3 Å². The molecular formula is C7H10F3N3. The van der Waals surface area contributed by atoms with Crippen LogP contribution < -0.4 is 5.32 Å². The molecule has 0 saturated carbocycles. The molecule has 0 unspecified atom stereocenters. The molecule has 0 aromatic heterocycles. The maximum Gasteiger partial charge on any atom is 0.449 e. The summed E-state index contributed by atoms with van der Waals surface area (Å²) in [7, 11) is 1.43. The van der Waals surface area contributed by atoms with Crippen molar-refractivity contribution in [3.63, 3.8) is 0 Å². The van der Waals surface area contributed by atoms with Crippen LogP contribution in [-0.2, 0) is 0 Å². The number of aliphatic imine (C=N–C) groups is 2. The fourth-order valence-corrected chi connectivity index (χ4v) is 1.09. The molecule has 1 aliphatic rings. The lowest BCUT2D eigenvalue weighted by Crippen LogP contribution is -2.39. The zero-order chi connectivity index (χ0) is 10.3. The zero-order valence-electron chi connectivity index (χ0n) is 7.53. The maximum atomic E-state index is 12.2. The lowest BCUT2D eigenvalue weighted by atomic mass is 10.1. The van der Waals surface area contributed by atoms with Crippen LogP contribution in [-0.4, -0.2) is 30.4 Å². The Morgan fingerprint density at radius 2 is 1.92 bits per heavy atom. The molecule has 0 bridgehead atoms. The molecule has 1 N–H and O–H groups in total. The monoisotopic (exact) mass is 193 g/mol. The van der Waals surface area contributed by atoms with Crippen molar-refractivity contribution in [2.24, 2.45) is 9.98 Å². The van der Waals surface area contributed by atoms with Crippen LogP contribution in [0.15, 0.2) is 9.98 Å². The number of nitrogens with zero attached hydrogens (tertiary/aromatic N) is 2. The van der Waals surface area contributed by atoms with E-state index in [0.717, 1.165) is 0 Å². The largest absolute Gasteiger partial charge is 0.449 e. The van der Waals surface area contributed by atoms with Crippen LogP contribution in [0.1, 0.15) is 13.8 Å². The predicted octanol–water partition coefficient (Wildman–Crippen LogP) is 1.36. The standard InChI is InChI=1S/C7H10F3N3/c1-6(2)4(11-3)12-5(13-6)7(8,9)10/h1-3H3,(H,11,12,13). The number of nitrogens with one attached hydrogen (secondary N) is 1. The van der Waals surface area contributed by atoms with Crippen molar-refractivity contribution in [2.45, 2.75) is 25.6 Å². The minimum absolute atomic E-state index is 0.236. The van der Waals surface area contributed by atoms with Crippen LogP contribution in [0.4, 0.5) is 13.2 Å². The molecule has 0 atom stereocenters. The summed E-state index contributed by atoms with van der Waals surface area (Å²) in [6.07, 6.45) is -4.43. The van der Waals surface area contributed by atoms with E-state index in [9.17, 15) is 13.2 Å². The molecule has 1 rings (SSSR count). The van der Waals surface area contributed by atoms with Gasteiger partial charge in [0.1, 0.15) is 11.4 Å². The predicted molar refractivity (Wildman–Crippen MR) is 44.1 cm³/mol. The molecule has 0 aromatic rings. The highest BCUT2D eigenvalue weighted by atomic mass is 19.4. The van der Waals surface area contributed by atoms with Crippen molar-refractivity contribution in [3.05, 3.63) is 0 Å². The van der Waals surface area contributed by atoms with Crippen molar-refractivity contribution in [2.75, 3.05) is 7.05 Å². The maximum absolute atomic E-state index is 12.2. The van der Waals surface area contributed by atoms with E-state index in [1.807, 2.05) is 0 Å². The molecule has 13 heavy (non-hydrogen) atoms. The van der Waals surface area contributed by atoms with Crippen molar-refractivity contribution < 1.29 is 13.2 Å². The number of amidine groups is 2. The second-order valence-corrected chi connectivity index (χ2v) is 3.21. The highest BCUT2D eigenvalue weighted by molar-refractivity contribution is 6.12. The van der Waals surface area contributed by atoms with Crippen LogP contribution in [0.25, 0.3) is 0 Å². The Kier molecular flexibility index (Phi) is 2.09. The van der Waals surface area contributed by atoms with E-state index in [0.29, 0.717) is 0 Å². The van der Waals surface area contributed by atoms with E-state index in [4.69, 9.17) is 0 Å². The molecular weight excluding hydrogens is 183 g/mol. The zero-order valence-corrected chi connectivity index (χ0v) is 7.53. The third-order valence-electron chi connectivity index (χ3n) is 1.70. The summed E-state index contributed by atoms with van der Waals surface area (Å²) in [5, 5.41) is 2.15. The lowest BCUT2D eigenvalue weighted by Gasteiger charge is -2.12. The molecule has 74 valence electrons. The van der Waals surface area contributed by atoms with E-state index >= 15 is 0 Å². The minimum atomic E-state index is -4.43. The molecule has 0 aromatic carbocycles. The number of hydrogen-bond donors (Lipinski definition) is 1. The summed E-state index contributed by atoms with van der Waals surface area (Å²) < 4.78 is 36.5. The van der Waals surface area contributed by atoms with Gasteiger partial charge in [0.2, 0.25) is 5.84 Å². The Morgan fingerprint density at radius 3 is 2.15 bits per heavy atom. The number of halogens is 3. The van der Waals surface area contributed by atoms with Crippen molar-refractivity contribution >= 4 is 11.7 Å². The van der Waals surface area contributed by atoms with Gasteiger partial charge in [-0.3, -0.25) is 4.99 Å². The Labute approximate surface area is 73.8 Å². The molecule has 0 spiro atoms. The number of alkyl halides is 3.